The maximum absolute atomic E-state index is 10.5. The van der Waals surface area contributed by atoms with Gasteiger partial charge in [-0.25, -0.2) is 0 Å². The van der Waals surface area contributed by atoms with Crippen molar-refractivity contribution in [3.05, 3.63) is 35.4 Å². The monoisotopic (exact) mass is 204 g/mol. The summed E-state index contributed by atoms with van der Waals surface area (Å²) < 4.78 is 0. The summed E-state index contributed by atoms with van der Waals surface area (Å²) in [5, 5.41) is 0. The van der Waals surface area contributed by atoms with Gasteiger partial charge < -0.3 is 0 Å². The molecule has 15 heavy (non-hydrogen) atoms. The lowest BCUT2D eigenvalue weighted by molar-refractivity contribution is 0.112. The standard InChI is InChI=1S/C14H20O/c1-4-9-14(2,3)10-12-5-7-13(11-15)8-6-12/h5-8,11H,4,9-10H2,1-3H3. The van der Waals surface area contributed by atoms with Gasteiger partial charge in [0.05, 0.1) is 0 Å². The first-order chi connectivity index (χ1) is 7.07. The molecule has 1 rings (SSSR count). The zero-order valence-corrected chi connectivity index (χ0v) is 9.92. The van der Waals surface area contributed by atoms with Gasteiger partial charge in [0.2, 0.25) is 0 Å². The molecule has 0 N–H and O–H groups in total. The van der Waals surface area contributed by atoms with Crippen LogP contribution < -0.4 is 0 Å². The number of carbonyl (C=O) groups is 1. The Bertz CT molecular complexity index is 309. The third kappa shape index (κ3) is 3.86. The molecule has 1 heteroatoms. The Kier molecular flexibility index (Phi) is 4.07. The van der Waals surface area contributed by atoms with Gasteiger partial charge in [0, 0.05) is 5.56 Å². The van der Waals surface area contributed by atoms with Crippen molar-refractivity contribution in [2.75, 3.05) is 0 Å². The zero-order chi connectivity index (χ0) is 11.3. The molecule has 0 bridgehead atoms. The third-order valence-corrected chi connectivity index (χ3v) is 2.73. The topological polar surface area (TPSA) is 17.1 Å². The molecule has 0 saturated heterocycles. The van der Waals surface area contributed by atoms with Crippen molar-refractivity contribution in [3.8, 4) is 0 Å². The van der Waals surface area contributed by atoms with Crippen LogP contribution in [0.15, 0.2) is 24.3 Å². The SMILES string of the molecule is CCCC(C)(C)Cc1ccc(C=O)cc1. The molecule has 0 aliphatic carbocycles. The molecule has 0 aliphatic heterocycles. The smallest absolute Gasteiger partial charge is 0.150 e. The Morgan fingerprint density at radius 1 is 1.20 bits per heavy atom. The van der Waals surface area contributed by atoms with E-state index in [-0.39, 0.29) is 0 Å². The van der Waals surface area contributed by atoms with E-state index in [1.807, 2.05) is 12.1 Å². The summed E-state index contributed by atoms with van der Waals surface area (Å²) in [5.41, 5.74) is 2.43. The minimum absolute atomic E-state index is 0.359. The fraction of sp³-hybridized carbons (Fsp3) is 0.500. The number of aldehydes is 1. The van der Waals surface area contributed by atoms with E-state index in [0.717, 1.165) is 18.3 Å². The molecular formula is C14H20O. The second-order valence-corrected chi connectivity index (χ2v) is 4.95. The molecule has 1 aromatic rings. The molecule has 0 unspecified atom stereocenters. The molecule has 0 aromatic heterocycles. The maximum Gasteiger partial charge on any atom is 0.150 e. The van der Waals surface area contributed by atoms with Crippen LogP contribution in [0.3, 0.4) is 0 Å². The minimum atomic E-state index is 0.359. The predicted octanol–water partition coefficient (Wildman–Crippen LogP) is 3.87. The van der Waals surface area contributed by atoms with Gasteiger partial charge in [0.15, 0.2) is 0 Å². The molecule has 0 atom stereocenters. The van der Waals surface area contributed by atoms with Crippen molar-refractivity contribution in [1.82, 2.24) is 0 Å². The Hall–Kier alpha value is -1.11. The minimum Gasteiger partial charge on any atom is -0.298 e. The summed E-state index contributed by atoms with van der Waals surface area (Å²) in [6, 6.07) is 7.90. The Morgan fingerprint density at radius 2 is 1.80 bits per heavy atom. The fourth-order valence-electron chi connectivity index (χ4n) is 2.03. The molecule has 0 radical (unpaired) electrons. The summed E-state index contributed by atoms with van der Waals surface area (Å²) in [6.07, 6.45) is 4.43. The zero-order valence-electron chi connectivity index (χ0n) is 9.92. The van der Waals surface area contributed by atoms with Crippen LogP contribution in [-0.4, -0.2) is 6.29 Å². The summed E-state index contributed by atoms with van der Waals surface area (Å²) >= 11 is 0. The van der Waals surface area contributed by atoms with E-state index >= 15 is 0 Å². The molecule has 0 amide bonds. The largest absolute Gasteiger partial charge is 0.298 e. The van der Waals surface area contributed by atoms with Crippen molar-refractivity contribution >= 4 is 6.29 Å². The molecule has 0 saturated carbocycles. The van der Waals surface area contributed by atoms with Crippen molar-refractivity contribution < 1.29 is 4.79 Å². The number of benzene rings is 1. The van der Waals surface area contributed by atoms with Crippen molar-refractivity contribution in [3.63, 3.8) is 0 Å². The Balaban J connectivity index is 2.68. The van der Waals surface area contributed by atoms with E-state index < -0.39 is 0 Å². The summed E-state index contributed by atoms with van der Waals surface area (Å²) in [7, 11) is 0. The fourth-order valence-corrected chi connectivity index (χ4v) is 2.03. The highest BCUT2D eigenvalue weighted by atomic mass is 16.1. The van der Waals surface area contributed by atoms with Crippen LogP contribution in [0.25, 0.3) is 0 Å². The molecule has 1 aromatic carbocycles. The van der Waals surface area contributed by atoms with E-state index in [0.29, 0.717) is 5.41 Å². The van der Waals surface area contributed by atoms with Crippen molar-refractivity contribution in [1.29, 1.82) is 0 Å². The lowest BCUT2D eigenvalue weighted by atomic mass is 9.82. The van der Waals surface area contributed by atoms with Crippen LogP contribution in [0.1, 0.15) is 49.5 Å². The van der Waals surface area contributed by atoms with Gasteiger partial charge in [-0.3, -0.25) is 4.79 Å². The summed E-state index contributed by atoms with van der Waals surface area (Å²) in [6.45, 7) is 6.81. The van der Waals surface area contributed by atoms with Crippen LogP contribution >= 0.6 is 0 Å². The van der Waals surface area contributed by atoms with Crippen LogP contribution in [-0.2, 0) is 6.42 Å². The van der Waals surface area contributed by atoms with Crippen LogP contribution in [0.5, 0.6) is 0 Å². The van der Waals surface area contributed by atoms with Gasteiger partial charge in [-0.1, -0.05) is 51.5 Å². The van der Waals surface area contributed by atoms with Gasteiger partial charge in [-0.15, -0.1) is 0 Å². The highest BCUT2D eigenvalue weighted by molar-refractivity contribution is 5.74. The summed E-state index contributed by atoms with van der Waals surface area (Å²) in [4.78, 5) is 10.5. The number of hydrogen-bond donors (Lipinski definition) is 0. The van der Waals surface area contributed by atoms with E-state index in [1.54, 1.807) is 0 Å². The van der Waals surface area contributed by atoms with E-state index in [2.05, 4.69) is 32.9 Å². The molecule has 82 valence electrons. The van der Waals surface area contributed by atoms with Crippen LogP contribution in [0, 0.1) is 5.41 Å². The number of carbonyl (C=O) groups excluding carboxylic acids is 1. The molecule has 0 fully saturated rings. The second-order valence-electron chi connectivity index (χ2n) is 4.95. The lowest BCUT2D eigenvalue weighted by Crippen LogP contribution is -2.14. The molecular weight excluding hydrogens is 184 g/mol. The van der Waals surface area contributed by atoms with E-state index in [1.165, 1.54) is 18.4 Å². The Morgan fingerprint density at radius 3 is 2.27 bits per heavy atom. The van der Waals surface area contributed by atoms with Crippen molar-refractivity contribution in [2.24, 2.45) is 5.41 Å². The first kappa shape index (κ1) is 12.0. The second kappa shape index (κ2) is 5.11. The quantitative estimate of drug-likeness (QED) is 0.665. The lowest BCUT2D eigenvalue weighted by Gasteiger charge is -2.24. The summed E-state index contributed by atoms with van der Waals surface area (Å²) in [5.74, 6) is 0. The highest BCUT2D eigenvalue weighted by Gasteiger charge is 2.16. The van der Waals surface area contributed by atoms with Gasteiger partial charge in [0.1, 0.15) is 6.29 Å². The molecule has 0 heterocycles. The van der Waals surface area contributed by atoms with Crippen LogP contribution in [0.4, 0.5) is 0 Å². The van der Waals surface area contributed by atoms with Gasteiger partial charge >= 0.3 is 0 Å². The van der Waals surface area contributed by atoms with E-state index in [4.69, 9.17) is 0 Å². The Labute approximate surface area is 92.5 Å². The maximum atomic E-state index is 10.5. The van der Waals surface area contributed by atoms with Gasteiger partial charge in [0.25, 0.3) is 0 Å². The average Bonchev–Trinajstić information content (AvgIpc) is 2.18. The number of hydrogen-bond acceptors (Lipinski definition) is 1. The van der Waals surface area contributed by atoms with Crippen molar-refractivity contribution in [2.45, 2.75) is 40.0 Å². The van der Waals surface area contributed by atoms with E-state index in [9.17, 15) is 4.79 Å². The highest BCUT2D eigenvalue weighted by Crippen LogP contribution is 2.27. The van der Waals surface area contributed by atoms with Crippen LogP contribution in [0.2, 0.25) is 0 Å². The predicted molar refractivity (Wildman–Crippen MR) is 64.2 cm³/mol. The first-order valence-electron chi connectivity index (χ1n) is 5.61. The average molecular weight is 204 g/mol. The van der Waals surface area contributed by atoms with Gasteiger partial charge in [-0.2, -0.15) is 0 Å². The molecule has 0 spiro atoms. The molecule has 0 aliphatic rings. The normalized spacial score (nSPS) is 11.4. The number of rotatable bonds is 5. The first-order valence-corrected chi connectivity index (χ1v) is 5.61. The molecule has 1 nitrogen and oxygen atoms in total. The third-order valence-electron chi connectivity index (χ3n) is 2.73. The van der Waals surface area contributed by atoms with Gasteiger partial charge in [-0.05, 0) is 23.8 Å².